The highest BCUT2D eigenvalue weighted by atomic mass is 16.5. The molecule has 2 aliphatic rings. The molecule has 0 radical (unpaired) electrons. The highest BCUT2D eigenvalue weighted by molar-refractivity contribution is 6.07. The van der Waals surface area contributed by atoms with Gasteiger partial charge in [-0.15, -0.1) is 0 Å². The van der Waals surface area contributed by atoms with Crippen molar-refractivity contribution in [3.63, 3.8) is 0 Å². The molecule has 2 aromatic carbocycles. The van der Waals surface area contributed by atoms with Crippen LogP contribution in [-0.4, -0.2) is 33.3 Å². The zero-order chi connectivity index (χ0) is 22.5. The van der Waals surface area contributed by atoms with Crippen molar-refractivity contribution >= 4 is 11.9 Å². The SMILES string of the molecule is CC(C)=CCc1c(O)cc(O)c2c1OCC(c1ccc(O)c3c1OC(C)(C)C=C3)C2=O. The lowest BCUT2D eigenvalue weighted by Crippen LogP contribution is -2.31. The quantitative estimate of drug-likeness (QED) is 0.612. The molecule has 0 aliphatic carbocycles. The maximum atomic E-state index is 13.5. The van der Waals surface area contributed by atoms with Gasteiger partial charge in [0.25, 0.3) is 0 Å². The van der Waals surface area contributed by atoms with Crippen LogP contribution in [0.3, 0.4) is 0 Å². The van der Waals surface area contributed by atoms with Gasteiger partial charge in [0.2, 0.25) is 0 Å². The smallest absolute Gasteiger partial charge is 0.181 e. The zero-order valence-corrected chi connectivity index (χ0v) is 18.0. The topological polar surface area (TPSA) is 96.2 Å². The Labute approximate surface area is 181 Å². The Morgan fingerprint density at radius 3 is 2.58 bits per heavy atom. The average molecular weight is 422 g/mol. The summed E-state index contributed by atoms with van der Waals surface area (Å²) in [6.45, 7) is 7.69. The van der Waals surface area contributed by atoms with E-state index in [1.54, 1.807) is 12.1 Å². The lowest BCUT2D eigenvalue weighted by atomic mass is 9.84. The van der Waals surface area contributed by atoms with Crippen LogP contribution in [0.2, 0.25) is 0 Å². The van der Waals surface area contributed by atoms with E-state index in [-0.39, 0.29) is 41.0 Å². The van der Waals surface area contributed by atoms with E-state index in [9.17, 15) is 20.1 Å². The largest absolute Gasteiger partial charge is 0.507 e. The molecule has 162 valence electrons. The second-order valence-electron chi connectivity index (χ2n) is 8.77. The molecular formula is C25H26O6. The van der Waals surface area contributed by atoms with E-state index in [1.807, 2.05) is 39.8 Å². The number of carbonyl (C=O) groups excluding carboxylic acids is 1. The predicted molar refractivity (Wildman–Crippen MR) is 117 cm³/mol. The second-order valence-corrected chi connectivity index (χ2v) is 8.77. The standard InChI is InChI=1S/C25H26O6/c1-13(2)5-6-15-19(27)11-20(28)21-22(29)17(12-30-24(15)21)14-7-8-18(26)16-9-10-25(3,4)31-23(14)16/h5,7-11,17,26-28H,6,12H2,1-4H3. The van der Waals surface area contributed by atoms with E-state index in [0.29, 0.717) is 28.9 Å². The van der Waals surface area contributed by atoms with Crippen LogP contribution in [0.1, 0.15) is 60.7 Å². The summed E-state index contributed by atoms with van der Waals surface area (Å²) in [4.78, 5) is 13.5. The Morgan fingerprint density at radius 2 is 1.87 bits per heavy atom. The number of Topliss-reactive ketones (excluding diaryl/α,β-unsaturated/α-hetero) is 1. The van der Waals surface area contributed by atoms with Crippen molar-refractivity contribution in [2.24, 2.45) is 0 Å². The molecule has 1 unspecified atom stereocenters. The summed E-state index contributed by atoms with van der Waals surface area (Å²) in [5, 5.41) is 31.1. The molecule has 0 aromatic heterocycles. The number of hydrogen-bond acceptors (Lipinski definition) is 6. The lowest BCUT2D eigenvalue weighted by molar-refractivity contribution is 0.0881. The third kappa shape index (κ3) is 3.63. The van der Waals surface area contributed by atoms with Gasteiger partial charge in [0.1, 0.15) is 46.5 Å². The highest BCUT2D eigenvalue weighted by Crippen LogP contribution is 2.48. The molecule has 2 aliphatic heterocycles. The van der Waals surface area contributed by atoms with Gasteiger partial charge in [-0.05, 0) is 52.3 Å². The molecule has 31 heavy (non-hydrogen) atoms. The van der Waals surface area contributed by atoms with Crippen molar-refractivity contribution < 1.29 is 29.6 Å². The molecule has 4 rings (SSSR count). The molecule has 0 saturated carbocycles. The number of phenols is 3. The second kappa shape index (κ2) is 7.38. The molecule has 6 heteroatoms. The summed E-state index contributed by atoms with van der Waals surface area (Å²) >= 11 is 0. The van der Waals surface area contributed by atoms with Gasteiger partial charge in [0.15, 0.2) is 5.78 Å². The molecule has 6 nitrogen and oxygen atoms in total. The van der Waals surface area contributed by atoms with Gasteiger partial charge in [-0.3, -0.25) is 4.79 Å². The summed E-state index contributed by atoms with van der Waals surface area (Å²) in [7, 11) is 0. The fraction of sp³-hybridized carbons (Fsp3) is 0.320. The van der Waals surface area contributed by atoms with Crippen LogP contribution in [0.4, 0.5) is 0 Å². The van der Waals surface area contributed by atoms with Crippen LogP contribution in [0.5, 0.6) is 28.7 Å². The van der Waals surface area contributed by atoms with Crippen molar-refractivity contribution in [3.8, 4) is 28.7 Å². The number of phenolic OH excluding ortho intramolecular Hbond substituents is 3. The van der Waals surface area contributed by atoms with Crippen LogP contribution in [-0.2, 0) is 6.42 Å². The van der Waals surface area contributed by atoms with Gasteiger partial charge in [-0.25, -0.2) is 0 Å². The van der Waals surface area contributed by atoms with Crippen LogP contribution in [0.15, 0.2) is 35.9 Å². The van der Waals surface area contributed by atoms with E-state index in [2.05, 4.69) is 0 Å². The Balaban J connectivity index is 1.81. The molecule has 0 spiro atoms. The summed E-state index contributed by atoms with van der Waals surface area (Å²) in [5.41, 5.74) is 2.07. The number of fused-ring (bicyclic) bond motifs is 2. The van der Waals surface area contributed by atoms with Crippen molar-refractivity contribution in [1.82, 2.24) is 0 Å². The summed E-state index contributed by atoms with van der Waals surface area (Å²) in [6, 6.07) is 4.37. The van der Waals surface area contributed by atoms with Gasteiger partial charge >= 0.3 is 0 Å². The van der Waals surface area contributed by atoms with Crippen molar-refractivity contribution in [2.75, 3.05) is 6.61 Å². The number of allylic oxidation sites excluding steroid dienone is 2. The number of carbonyl (C=O) groups is 1. The van der Waals surface area contributed by atoms with Gasteiger partial charge in [0.05, 0.1) is 11.5 Å². The van der Waals surface area contributed by atoms with Crippen molar-refractivity contribution in [1.29, 1.82) is 0 Å². The number of ether oxygens (including phenoxy) is 2. The Bertz CT molecular complexity index is 1140. The fourth-order valence-electron chi connectivity index (χ4n) is 3.96. The summed E-state index contributed by atoms with van der Waals surface area (Å²) in [6.07, 6.45) is 5.93. The molecule has 2 aromatic rings. The van der Waals surface area contributed by atoms with Crippen LogP contribution in [0, 0.1) is 0 Å². The van der Waals surface area contributed by atoms with Crippen molar-refractivity contribution in [3.05, 3.63) is 58.2 Å². The molecule has 0 saturated heterocycles. The number of ketones is 1. The van der Waals surface area contributed by atoms with Gasteiger partial charge in [-0.2, -0.15) is 0 Å². The summed E-state index contributed by atoms with van der Waals surface area (Å²) in [5.74, 6) is -0.774. The monoisotopic (exact) mass is 422 g/mol. The predicted octanol–water partition coefficient (Wildman–Crippen LogP) is 4.86. The molecule has 0 bridgehead atoms. The summed E-state index contributed by atoms with van der Waals surface area (Å²) < 4.78 is 12.0. The molecule has 0 fully saturated rings. The average Bonchev–Trinajstić information content (AvgIpc) is 2.67. The Hall–Kier alpha value is -3.41. The van der Waals surface area contributed by atoms with E-state index in [1.165, 1.54) is 12.1 Å². The maximum absolute atomic E-state index is 13.5. The Morgan fingerprint density at radius 1 is 1.13 bits per heavy atom. The zero-order valence-electron chi connectivity index (χ0n) is 18.0. The van der Waals surface area contributed by atoms with Crippen LogP contribution in [0.25, 0.3) is 6.08 Å². The Kier molecular flexibility index (Phi) is 4.96. The molecule has 0 amide bonds. The highest BCUT2D eigenvalue weighted by Gasteiger charge is 2.38. The van der Waals surface area contributed by atoms with E-state index in [4.69, 9.17) is 9.47 Å². The first kappa shape index (κ1) is 20.8. The van der Waals surface area contributed by atoms with Gasteiger partial charge in [0, 0.05) is 17.2 Å². The number of aromatic hydroxyl groups is 3. The number of rotatable bonds is 3. The first-order valence-electron chi connectivity index (χ1n) is 10.2. The van der Waals surface area contributed by atoms with E-state index < -0.39 is 11.5 Å². The van der Waals surface area contributed by atoms with Crippen LogP contribution >= 0.6 is 0 Å². The van der Waals surface area contributed by atoms with Crippen molar-refractivity contribution in [2.45, 2.75) is 45.6 Å². The molecule has 2 heterocycles. The normalized spacial score (nSPS) is 18.5. The third-order valence-electron chi connectivity index (χ3n) is 5.61. The fourth-order valence-corrected chi connectivity index (χ4v) is 3.96. The minimum atomic E-state index is -0.726. The molecule has 3 N–H and O–H groups in total. The first-order valence-corrected chi connectivity index (χ1v) is 10.2. The minimum Gasteiger partial charge on any atom is -0.507 e. The van der Waals surface area contributed by atoms with Gasteiger partial charge < -0.3 is 24.8 Å². The maximum Gasteiger partial charge on any atom is 0.181 e. The molecule has 1 atom stereocenters. The van der Waals surface area contributed by atoms with Gasteiger partial charge in [-0.1, -0.05) is 17.7 Å². The number of benzene rings is 2. The van der Waals surface area contributed by atoms with E-state index >= 15 is 0 Å². The third-order valence-corrected chi connectivity index (χ3v) is 5.61. The first-order chi connectivity index (χ1) is 14.6. The van der Waals surface area contributed by atoms with Crippen LogP contribution < -0.4 is 9.47 Å². The number of hydrogen-bond donors (Lipinski definition) is 3. The minimum absolute atomic E-state index is 0.0290. The van der Waals surface area contributed by atoms with E-state index in [0.717, 1.165) is 5.57 Å². The molecular weight excluding hydrogens is 396 g/mol. The lowest BCUT2D eigenvalue weighted by Gasteiger charge is -2.33.